The molecule has 0 aromatic carbocycles. The van der Waals surface area contributed by atoms with Gasteiger partial charge < -0.3 is 4.74 Å². The van der Waals surface area contributed by atoms with Gasteiger partial charge in [0.1, 0.15) is 4.21 Å². The molecular weight excluding hydrogens is 414 g/mol. The molecule has 2 heterocycles. The number of hydrogen-bond acceptors (Lipinski definition) is 7. The highest BCUT2D eigenvalue weighted by molar-refractivity contribution is 9.11. The second-order valence-electron chi connectivity index (χ2n) is 4.21. The number of rotatable bonds is 5. The number of nitrogens with zero attached hydrogens (tertiary/aromatic N) is 1. The van der Waals surface area contributed by atoms with E-state index in [1.54, 1.807) is 6.92 Å². The predicted octanol–water partition coefficient (Wildman–Crippen LogP) is 2.32. The van der Waals surface area contributed by atoms with Gasteiger partial charge in [-0.25, -0.2) is 18.5 Å². The molecule has 2 aromatic rings. The van der Waals surface area contributed by atoms with E-state index in [0.717, 1.165) is 15.1 Å². The van der Waals surface area contributed by atoms with Crippen LogP contribution in [0, 0.1) is 6.92 Å². The van der Waals surface area contributed by atoms with Crippen LogP contribution >= 0.6 is 38.6 Å². The lowest BCUT2D eigenvalue weighted by Crippen LogP contribution is -2.19. The van der Waals surface area contributed by atoms with Gasteiger partial charge in [-0.05, 0) is 28.4 Å². The Hall–Kier alpha value is -0.850. The number of sulfonamides is 1. The standard InChI is InChI=1S/C11H12BrN3O4S3/c1-5-6(4-19-2)20-10(22(13,17)18)8(5)9(16)15-11-14-3-7(12)21-11/h3H,4H2,1-2H3,(H2,13,17,18)(H,14,15,16). The average molecular weight is 426 g/mol. The maximum absolute atomic E-state index is 12.4. The molecule has 0 unspecified atom stereocenters. The van der Waals surface area contributed by atoms with Gasteiger partial charge in [-0.2, -0.15) is 0 Å². The molecule has 0 saturated carbocycles. The van der Waals surface area contributed by atoms with Gasteiger partial charge in [-0.3, -0.25) is 10.1 Å². The summed E-state index contributed by atoms with van der Waals surface area (Å²) in [6.07, 6.45) is 1.54. The van der Waals surface area contributed by atoms with Crippen molar-refractivity contribution in [3.63, 3.8) is 0 Å². The van der Waals surface area contributed by atoms with E-state index in [1.165, 1.54) is 24.6 Å². The molecule has 2 rings (SSSR count). The summed E-state index contributed by atoms with van der Waals surface area (Å²) in [5.74, 6) is -0.568. The van der Waals surface area contributed by atoms with E-state index in [-0.39, 0.29) is 16.4 Å². The van der Waals surface area contributed by atoms with Crippen molar-refractivity contribution in [2.45, 2.75) is 17.7 Å². The van der Waals surface area contributed by atoms with Crippen LogP contribution in [0.3, 0.4) is 0 Å². The Labute approximate surface area is 143 Å². The van der Waals surface area contributed by atoms with Crippen molar-refractivity contribution >= 4 is 59.7 Å². The van der Waals surface area contributed by atoms with Crippen molar-refractivity contribution < 1.29 is 17.9 Å². The number of aromatic nitrogens is 1. The van der Waals surface area contributed by atoms with Crippen LogP contribution in [0.25, 0.3) is 0 Å². The van der Waals surface area contributed by atoms with Gasteiger partial charge in [-0.15, -0.1) is 11.3 Å². The fourth-order valence-electron chi connectivity index (χ4n) is 1.74. The molecule has 1 amide bonds. The van der Waals surface area contributed by atoms with E-state index in [2.05, 4.69) is 26.2 Å². The lowest BCUT2D eigenvalue weighted by atomic mass is 10.1. The highest BCUT2D eigenvalue weighted by Crippen LogP contribution is 2.33. The quantitative estimate of drug-likeness (QED) is 0.762. The Balaban J connectivity index is 2.45. The number of halogens is 1. The molecule has 0 fully saturated rings. The Morgan fingerprint density at radius 1 is 1.50 bits per heavy atom. The molecule has 0 aliphatic rings. The zero-order chi connectivity index (χ0) is 16.5. The number of nitrogens with two attached hydrogens (primary N) is 1. The van der Waals surface area contributed by atoms with Gasteiger partial charge in [0.05, 0.1) is 22.2 Å². The van der Waals surface area contributed by atoms with Crippen LogP contribution in [0.1, 0.15) is 20.8 Å². The summed E-state index contributed by atoms with van der Waals surface area (Å²) in [6, 6.07) is 0. The second-order valence-corrected chi connectivity index (χ2v) is 9.49. The molecule has 3 N–H and O–H groups in total. The maximum atomic E-state index is 12.4. The van der Waals surface area contributed by atoms with E-state index in [9.17, 15) is 13.2 Å². The van der Waals surface area contributed by atoms with Crippen LogP contribution in [-0.4, -0.2) is 26.4 Å². The summed E-state index contributed by atoms with van der Waals surface area (Å²) in [5.41, 5.74) is 0.565. The van der Waals surface area contributed by atoms with Crippen molar-refractivity contribution in [2.24, 2.45) is 5.14 Å². The van der Waals surface area contributed by atoms with Crippen LogP contribution in [0.15, 0.2) is 14.2 Å². The number of methoxy groups -OCH3 is 1. The summed E-state index contributed by atoms with van der Waals surface area (Å²) in [4.78, 5) is 17.0. The van der Waals surface area contributed by atoms with Crippen LogP contribution in [0.4, 0.5) is 5.13 Å². The van der Waals surface area contributed by atoms with E-state index in [1.807, 2.05) is 0 Å². The lowest BCUT2D eigenvalue weighted by Gasteiger charge is -2.04. The zero-order valence-corrected chi connectivity index (χ0v) is 15.6. The van der Waals surface area contributed by atoms with E-state index in [0.29, 0.717) is 15.6 Å². The number of thiophene rings is 1. The molecule has 0 saturated heterocycles. The first-order valence-corrected chi connectivity index (χ1v) is 9.78. The number of carbonyl (C=O) groups excluding carboxylic acids is 1. The third kappa shape index (κ3) is 3.73. The zero-order valence-electron chi connectivity index (χ0n) is 11.5. The third-order valence-corrected chi connectivity index (χ3v) is 6.79. The van der Waals surface area contributed by atoms with Crippen molar-refractivity contribution in [2.75, 3.05) is 12.4 Å². The monoisotopic (exact) mass is 425 g/mol. The average Bonchev–Trinajstić information content (AvgIpc) is 2.94. The lowest BCUT2D eigenvalue weighted by molar-refractivity contribution is 0.102. The number of ether oxygens (including phenoxy) is 1. The molecule has 120 valence electrons. The minimum absolute atomic E-state index is 0.0332. The molecule has 7 nitrogen and oxygen atoms in total. The third-order valence-electron chi connectivity index (χ3n) is 2.67. The van der Waals surface area contributed by atoms with Crippen molar-refractivity contribution in [1.82, 2.24) is 4.98 Å². The minimum Gasteiger partial charge on any atom is -0.379 e. The summed E-state index contributed by atoms with van der Waals surface area (Å²) < 4.78 is 29.1. The Morgan fingerprint density at radius 3 is 2.68 bits per heavy atom. The Morgan fingerprint density at radius 2 is 2.18 bits per heavy atom. The van der Waals surface area contributed by atoms with Crippen LogP contribution in [-0.2, 0) is 21.4 Å². The van der Waals surface area contributed by atoms with Gasteiger partial charge >= 0.3 is 0 Å². The summed E-state index contributed by atoms with van der Waals surface area (Å²) in [7, 11) is -2.52. The smallest absolute Gasteiger partial charge is 0.259 e. The van der Waals surface area contributed by atoms with Crippen LogP contribution < -0.4 is 10.5 Å². The van der Waals surface area contributed by atoms with Gasteiger partial charge in [0.25, 0.3) is 5.91 Å². The summed E-state index contributed by atoms with van der Waals surface area (Å²) in [6.45, 7) is 1.86. The molecule has 0 aliphatic heterocycles. The van der Waals surface area contributed by atoms with Gasteiger partial charge in [0.15, 0.2) is 5.13 Å². The number of primary sulfonamides is 1. The van der Waals surface area contributed by atoms with Crippen LogP contribution in [0.2, 0.25) is 0 Å². The molecular formula is C11H12BrN3O4S3. The molecule has 2 aromatic heterocycles. The maximum Gasteiger partial charge on any atom is 0.259 e. The molecule has 0 bridgehead atoms. The molecule has 0 aliphatic carbocycles. The molecule has 0 radical (unpaired) electrons. The number of nitrogens with one attached hydrogen (secondary N) is 1. The Kier molecular flexibility index (Phi) is 5.35. The highest BCUT2D eigenvalue weighted by Gasteiger charge is 2.27. The van der Waals surface area contributed by atoms with Gasteiger partial charge in [-0.1, -0.05) is 11.3 Å². The molecule has 22 heavy (non-hydrogen) atoms. The fraction of sp³-hybridized carbons (Fsp3) is 0.273. The first kappa shape index (κ1) is 17.5. The largest absolute Gasteiger partial charge is 0.379 e. The molecule has 0 atom stereocenters. The molecule has 11 heteroatoms. The van der Waals surface area contributed by atoms with E-state index >= 15 is 0 Å². The fourth-order valence-corrected chi connectivity index (χ4v) is 5.14. The summed E-state index contributed by atoms with van der Waals surface area (Å²) >= 11 is 5.39. The first-order valence-electron chi connectivity index (χ1n) is 5.80. The topological polar surface area (TPSA) is 111 Å². The Bertz CT molecular complexity index is 813. The SMILES string of the molecule is COCc1sc(S(N)(=O)=O)c(C(=O)Nc2ncc(Br)s2)c1C. The van der Waals surface area contributed by atoms with Crippen LogP contribution in [0.5, 0.6) is 0 Å². The normalized spacial score (nSPS) is 11.6. The highest BCUT2D eigenvalue weighted by atomic mass is 79.9. The number of carbonyl (C=O) groups is 1. The van der Waals surface area contributed by atoms with Gasteiger partial charge in [0.2, 0.25) is 10.0 Å². The van der Waals surface area contributed by atoms with Crippen molar-refractivity contribution in [3.05, 3.63) is 26.0 Å². The number of anilines is 1. The second kappa shape index (κ2) is 6.72. The van der Waals surface area contributed by atoms with Crippen molar-refractivity contribution in [1.29, 1.82) is 0 Å². The number of thiazole rings is 1. The summed E-state index contributed by atoms with van der Waals surface area (Å²) in [5, 5.41) is 8.14. The minimum atomic E-state index is -4.01. The number of hydrogen-bond donors (Lipinski definition) is 2. The van der Waals surface area contributed by atoms with Crippen molar-refractivity contribution in [3.8, 4) is 0 Å². The van der Waals surface area contributed by atoms with Gasteiger partial charge in [0, 0.05) is 12.0 Å². The molecule has 0 spiro atoms. The number of amides is 1. The van der Waals surface area contributed by atoms with E-state index < -0.39 is 15.9 Å². The first-order chi connectivity index (χ1) is 10.2. The predicted molar refractivity (Wildman–Crippen MR) is 88.9 cm³/mol. The van der Waals surface area contributed by atoms with E-state index in [4.69, 9.17) is 9.88 Å².